The van der Waals surface area contributed by atoms with E-state index < -0.39 is 47.2 Å². The van der Waals surface area contributed by atoms with Gasteiger partial charge in [-0.15, -0.1) is 0 Å². The topological polar surface area (TPSA) is 206 Å². The first-order chi connectivity index (χ1) is 32.0. The van der Waals surface area contributed by atoms with Gasteiger partial charge in [0, 0.05) is 67.8 Å². The summed E-state index contributed by atoms with van der Waals surface area (Å²) >= 11 is 0. The second-order valence-electron chi connectivity index (χ2n) is 20.0. The van der Waals surface area contributed by atoms with Crippen molar-refractivity contribution in [3.8, 4) is 28.1 Å². The first-order valence-electron chi connectivity index (χ1n) is 23.8. The van der Waals surface area contributed by atoms with Crippen LogP contribution < -0.4 is 21.4 Å². The van der Waals surface area contributed by atoms with Crippen molar-refractivity contribution in [3.05, 3.63) is 71.5 Å². The number of esters is 1. The Morgan fingerprint density at radius 3 is 2.55 bits per heavy atom. The molecular formula is C51H66N8O8. The molecule has 0 spiro atoms. The van der Waals surface area contributed by atoms with Gasteiger partial charge in [0.25, 0.3) is 5.91 Å². The van der Waals surface area contributed by atoms with Crippen LogP contribution in [0.1, 0.15) is 90.2 Å². The number of rotatable bonds is 12. The van der Waals surface area contributed by atoms with Gasteiger partial charge in [0.05, 0.1) is 30.6 Å². The zero-order valence-electron chi connectivity index (χ0n) is 40.0. The van der Waals surface area contributed by atoms with Crippen molar-refractivity contribution in [1.29, 1.82) is 0 Å². The van der Waals surface area contributed by atoms with Crippen LogP contribution in [0.4, 0.5) is 0 Å². The van der Waals surface area contributed by atoms with Crippen molar-refractivity contribution < 1.29 is 38.6 Å². The summed E-state index contributed by atoms with van der Waals surface area (Å²) in [5.74, 6) is -2.10. The molecule has 5 N–H and O–H groups in total. The first-order valence-corrected chi connectivity index (χ1v) is 23.8. The smallest absolute Gasteiger partial charge is 0.324 e. The zero-order valence-corrected chi connectivity index (χ0v) is 40.0. The lowest BCUT2D eigenvalue weighted by Gasteiger charge is -2.36. The zero-order chi connectivity index (χ0) is 47.9. The number of nitrogens with one attached hydrogen (secondary N) is 4. The number of benzene rings is 2. The fourth-order valence-corrected chi connectivity index (χ4v) is 10.1. The maximum atomic E-state index is 14.7. The molecule has 4 aromatic rings. The average Bonchev–Trinajstić information content (AvgIpc) is 4.25. The lowest BCUT2D eigenvalue weighted by atomic mass is 9.84. The summed E-state index contributed by atoms with van der Waals surface area (Å²) in [6.07, 6.45) is 5.14. The van der Waals surface area contributed by atoms with Crippen molar-refractivity contribution in [1.82, 2.24) is 40.8 Å². The Bertz CT molecular complexity index is 2550. The summed E-state index contributed by atoms with van der Waals surface area (Å²) in [7, 11) is 3.19. The molecule has 2 aromatic heterocycles. The van der Waals surface area contributed by atoms with E-state index in [0.29, 0.717) is 42.9 Å². The number of phenols is 1. The maximum absolute atomic E-state index is 14.7. The predicted octanol–water partition coefficient (Wildman–Crippen LogP) is 4.80. The van der Waals surface area contributed by atoms with E-state index >= 15 is 0 Å². The molecular weight excluding hydrogens is 853 g/mol. The fourth-order valence-electron chi connectivity index (χ4n) is 10.1. The minimum absolute atomic E-state index is 0.0163. The van der Waals surface area contributed by atoms with Gasteiger partial charge in [-0.25, -0.2) is 5.43 Å². The molecule has 6 bridgehead atoms. The number of hydrogen-bond donors (Lipinski definition) is 5. The summed E-state index contributed by atoms with van der Waals surface area (Å²) in [6, 6.07) is 12.3. The van der Waals surface area contributed by atoms with Gasteiger partial charge in [0.2, 0.25) is 17.7 Å². The Labute approximate surface area is 392 Å². The Balaban J connectivity index is 1.16. The molecule has 16 nitrogen and oxygen atoms in total. The standard InChI is InChI=1S/C51H66N8O8/c1-9-58-40-17-16-32-24-36(40)37(46(58)35-12-10-18-52-42(35)29(4)66-8)25-51(5,6)27-67-50(65)38-13-11-19-59(56-38)49(64)39(22-30-20-33(32)23-34(60)21-30)54-48(63)45(28(2)3)57(7)41(61)26-53-47(62)44-43(55-44)31-14-15-31/h10,12,16-18,20-21,23-24,28-29,31,38-39,43-45,55-56,60H,9,11,13-15,19,22,25-27H2,1-8H3,(H,53,62)(H,54,63)/t29-,38-,39-,43+,44+,45-/m0/s1. The SMILES string of the molecule is CCn1c(-c2cccnc2[C@H](C)OC)c2c3cc(ccc31)-c1cc(O)cc(c1)C[C@H](NC(=O)[C@H](C(C)C)N(C)C(=O)CNC(=O)[C@@H]1N[C@@H]1C1CC1)C(=O)N1CCC[C@H](N1)C(=O)OCC(C)(C)C2. The normalized spacial score (nSPS) is 22.7. The molecule has 6 atom stereocenters. The van der Waals surface area contributed by atoms with Gasteiger partial charge >= 0.3 is 5.97 Å². The van der Waals surface area contributed by atoms with Crippen LogP contribution in [0, 0.1) is 17.3 Å². The van der Waals surface area contributed by atoms with E-state index in [1.54, 1.807) is 25.4 Å². The number of cyclic esters (lactones) is 1. The molecule has 4 amide bonds. The number of ether oxygens (including phenoxy) is 2. The van der Waals surface area contributed by atoms with Crippen LogP contribution in [0.15, 0.2) is 54.7 Å². The number of aromatic nitrogens is 2. The third-order valence-electron chi connectivity index (χ3n) is 13.8. The molecule has 0 radical (unpaired) electrons. The summed E-state index contributed by atoms with van der Waals surface area (Å²) in [4.78, 5) is 75.5. The number of hydrazine groups is 1. The predicted molar refractivity (Wildman–Crippen MR) is 253 cm³/mol. The Hall–Kier alpha value is -5.84. The highest BCUT2D eigenvalue weighted by molar-refractivity contribution is 5.96. The van der Waals surface area contributed by atoms with Gasteiger partial charge in [-0.1, -0.05) is 39.8 Å². The molecule has 67 heavy (non-hydrogen) atoms. The Morgan fingerprint density at radius 1 is 1.06 bits per heavy atom. The molecule has 4 aliphatic rings. The number of fused-ring (bicyclic) bond motifs is 6. The number of carbonyl (C=O) groups is 5. The quantitative estimate of drug-likeness (QED) is 0.0964. The lowest BCUT2D eigenvalue weighted by molar-refractivity contribution is -0.155. The van der Waals surface area contributed by atoms with Crippen LogP contribution in [0.25, 0.3) is 33.3 Å². The first kappa shape index (κ1) is 47.6. The number of methoxy groups -OCH3 is 1. The van der Waals surface area contributed by atoms with Crippen LogP contribution in [0.2, 0.25) is 0 Å². The van der Waals surface area contributed by atoms with Gasteiger partial charge in [-0.05, 0) is 116 Å². The number of pyridine rings is 1. The Morgan fingerprint density at radius 2 is 1.84 bits per heavy atom. The van der Waals surface area contributed by atoms with E-state index in [1.807, 2.05) is 39.0 Å². The molecule has 2 aromatic carbocycles. The van der Waals surface area contributed by atoms with Gasteiger partial charge in [0.15, 0.2) is 0 Å². The molecule has 8 rings (SSSR count). The number of likely N-dealkylation sites (N-methyl/N-ethyl adjacent to an activating group) is 1. The number of aryl methyl sites for hydroxylation is 1. The van der Waals surface area contributed by atoms with E-state index in [9.17, 15) is 29.1 Å². The number of hydrogen-bond acceptors (Lipinski definition) is 11. The third-order valence-corrected chi connectivity index (χ3v) is 13.8. The lowest BCUT2D eigenvalue weighted by Crippen LogP contribution is -2.62. The highest BCUT2D eigenvalue weighted by Crippen LogP contribution is 2.43. The molecule has 16 heteroatoms. The number of amides is 4. The second kappa shape index (κ2) is 19.4. The van der Waals surface area contributed by atoms with Crippen LogP contribution in [0.3, 0.4) is 0 Å². The van der Waals surface area contributed by atoms with E-state index in [2.05, 4.69) is 64.9 Å². The highest BCUT2D eigenvalue weighted by atomic mass is 16.5. The van der Waals surface area contributed by atoms with Crippen LogP contribution in [0.5, 0.6) is 5.75 Å². The minimum Gasteiger partial charge on any atom is -0.508 e. The molecule has 5 heterocycles. The fraction of sp³-hybridized carbons (Fsp3) is 0.529. The number of aromatic hydroxyl groups is 1. The van der Waals surface area contributed by atoms with Crippen molar-refractivity contribution in [3.63, 3.8) is 0 Å². The molecule has 3 aliphatic heterocycles. The third kappa shape index (κ3) is 10.2. The van der Waals surface area contributed by atoms with Crippen LogP contribution >= 0.6 is 0 Å². The molecule has 358 valence electrons. The van der Waals surface area contributed by atoms with E-state index in [4.69, 9.17) is 14.5 Å². The van der Waals surface area contributed by atoms with Crippen LogP contribution in [-0.2, 0) is 52.8 Å². The van der Waals surface area contributed by atoms with Gasteiger partial charge in [0.1, 0.15) is 29.9 Å². The van der Waals surface area contributed by atoms with Gasteiger partial charge in [-0.3, -0.25) is 39.3 Å². The monoisotopic (exact) mass is 919 g/mol. The average molecular weight is 919 g/mol. The van der Waals surface area contributed by atoms with Gasteiger partial charge in [-0.2, -0.15) is 0 Å². The van der Waals surface area contributed by atoms with E-state index in [-0.39, 0.29) is 61.9 Å². The molecule has 2 saturated heterocycles. The molecule has 1 saturated carbocycles. The summed E-state index contributed by atoms with van der Waals surface area (Å²) in [5.41, 5.74) is 9.50. The number of phenolic OH excluding ortho intramolecular Hbond substituents is 1. The van der Waals surface area contributed by atoms with Gasteiger partial charge < -0.3 is 34.7 Å². The maximum Gasteiger partial charge on any atom is 0.324 e. The highest BCUT2D eigenvalue weighted by Gasteiger charge is 2.51. The molecule has 1 aliphatic carbocycles. The largest absolute Gasteiger partial charge is 0.508 e. The van der Waals surface area contributed by atoms with Crippen molar-refractivity contribution in [2.24, 2.45) is 17.3 Å². The Kier molecular flexibility index (Phi) is 13.8. The number of nitrogens with zero attached hydrogens (tertiary/aromatic N) is 4. The summed E-state index contributed by atoms with van der Waals surface area (Å²) in [6.45, 7) is 12.6. The van der Waals surface area contributed by atoms with E-state index in [0.717, 1.165) is 51.8 Å². The van der Waals surface area contributed by atoms with Crippen LogP contribution in [-0.4, -0.2) is 118 Å². The summed E-state index contributed by atoms with van der Waals surface area (Å²) in [5, 5.41) is 22.6. The van der Waals surface area contributed by atoms with E-state index in [1.165, 1.54) is 17.0 Å². The summed E-state index contributed by atoms with van der Waals surface area (Å²) < 4.78 is 14.2. The van der Waals surface area contributed by atoms with Crippen molar-refractivity contribution in [2.75, 3.05) is 33.9 Å². The van der Waals surface area contributed by atoms with Crippen molar-refractivity contribution in [2.45, 2.75) is 123 Å². The minimum atomic E-state index is -1.18. The molecule has 3 fully saturated rings. The second-order valence-corrected chi connectivity index (χ2v) is 20.0. The number of carbonyl (C=O) groups excluding carboxylic acids is 5. The molecule has 0 unspecified atom stereocenters. The van der Waals surface area contributed by atoms with Crippen molar-refractivity contribution >= 4 is 40.5 Å².